The molecular formula is C10H14N6O4. The van der Waals surface area contributed by atoms with E-state index in [1.54, 1.807) is 11.6 Å². The number of carbonyl (C=O) groups excluding carboxylic acids is 2. The van der Waals surface area contributed by atoms with Gasteiger partial charge in [0.25, 0.3) is 0 Å². The molecule has 0 saturated carbocycles. The lowest BCUT2D eigenvalue weighted by molar-refractivity contribution is -0.144. The average Bonchev–Trinajstić information content (AvgIpc) is 2.81. The summed E-state index contributed by atoms with van der Waals surface area (Å²) < 4.78 is 1.62. The highest BCUT2D eigenvalue weighted by atomic mass is 16.4. The second-order valence-electron chi connectivity index (χ2n) is 4.30. The first-order valence-corrected chi connectivity index (χ1v) is 5.86. The van der Waals surface area contributed by atoms with E-state index in [2.05, 4.69) is 20.8 Å². The highest BCUT2D eigenvalue weighted by Gasteiger charge is 2.35. The van der Waals surface area contributed by atoms with Crippen LogP contribution in [0.1, 0.15) is 5.82 Å². The molecule has 0 aromatic carbocycles. The predicted molar refractivity (Wildman–Crippen MR) is 64.4 cm³/mol. The molecule has 10 nitrogen and oxygen atoms in total. The highest BCUT2D eigenvalue weighted by Crippen LogP contribution is 2.05. The molecule has 1 unspecified atom stereocenters. The van der Waals surface area contributed by atoms with Crippen LogP contribution in [0, 0.1) is 0 Å². The molecule has 1 saturated heterocycles. The molecule has 1 aliphatic heterocycles. The summed E-state index contributed by atoms with van der Waals surface area (Å²) in [7, 11) is 1.72. The second-order valence-corrected chi connectivity index (χ2v) is 4.30. The third-order valence-electron chi connectivity index (χ3n) is 2.93. The Kier molecular flexibility index (Phi) is 3.82. The molecule has 0 bridgehead atoms. The van der Waals surface area contributed by atoms with Gasteiger partial charge in [0.1, 0.15) is 18.9 Å². The van der Waals surface area contributed by atoms with E-state index < -0.39 is 23.9 Å². The van der Waals surface area contributed by atoms with Crippen LogP contribution in [0.5, 0.6) is 0 Å². The Morgan fingerprint density at radius 3 is 2.95 bits per heavy atom. The molecule has 20 heavy (non-hydrogen) atoms. The summed E-state index contributed by atoms with van der Waals surface area (Å²) in [5.74, 6) is -1.04. The maximum Gasteiger partial charge on any atom is 0.328 e. The van der Waals surface area contributed by atoms with E-state index in [0.717, 1.165) is 4.90 Å². The molecule has 0 spiro atoms. The van der Waals surface area contributed by atoms with Gasteiger partial charge in [0.15, 0.2) is 5.82 Å². The number of hydrogen-bond acceptors (Lipinski definition) is 5. The van der Waals surface area contributed by atoms with E-state index in [9.17, 15) is 14.4 Å². The summed E-state index contributed by atoms with van der Waals surface area (Å²) in [5, 5.41) is 21.4. The number of carbonyl (C=O) groups is 3. The van der Waals surface area contributed by atoms with Crippen molar-refractivity contribution >= 4 is 17.9 Å². The molecule has 1 atom stereocenters. The highest BCUT2D eigenvalue weighted by molar-refractivity contribution is 5.90. The number of aliphatic carboxylic acids is 1. The van der Waals surface area contributed by atoms with Crippen LogP contribution in [0.25, 0.3) is 0 Å². The summed E-state index contributed by atoms with van der Waals surface area (Å²) in [6, 6.07) is -1.71. The lowest BCUT2D eigenvalue weighted by Gasteiger charge is -2.32. The largest absolute Gasteiger partial charge is 0.480 e. The summed E-state index contributed by atoms with van der Waals surface area (Å²) >= 11 is 0. The van der Waals surface area contributed by atoms with Crippen molar-refractivity contribution in [2.75, 3.05) is 13.1 Å². The fourth-order valence-corrected chi connectivity index (χ4v) is 1.80. The number of carboxylic acids is 1. The third-order valence-corrected chi connectivity index (χ3v) is 2.93. The standard InChI is InChI=1S/C10H14N6O4/c1-15-5-13-14-7(15)3-12-10(20)16-4-8(17)11-2-6(16)9(18)19/h5-6H,2-4H2,1H3,(H,11,17)(H,12,20)(H,18,19). The first-order chi connectivity index (χ1) is 9.49. The molecule has 1 aliphatic rings. The zero-order valence-electron chi connectivity index (χ0n) is 10.7. The maximum atomic E-state index is 12.0. The Morgan fingerprint density at radius 1 is 1.60 bits per heavy atom. The summed E-state index contributed by atoms with van der Waals surface area (Å²) in [4.78, 5) is 35.3. The number of urea groups is 1. The second kappa shape index (κ2) is 5.55. The first-order valence-electron chi connectivity index (χ1n) is 5.86. The van der Waals surface area contributed by atoms with Crippen LogP contribution in [-0.2, 0) is 23.2 Å². The lowest BCUT2D eigenvalue weighted by atomic mass is 10.2. The molecule has 0 radical (unpaired) electrons. The number of aryl methyl sites for hydroxylation is 1. The van der Waals surface area contributed by atoms with Gasteiger partial charge in [0, 0.05) is 13.6 Å². The van der Waals surface area contributed by atoms with Crippen molar-refractivity contribution in [2.45, 2.75) is 12.6 Å². The van der Waals surface area contributed by atoms with Crippen LogP contribution < -0.4 is 10.6 Å². The SMILES string of the molecule is Cn1cnnc1CNC(=O)N1CC(=O)NCC1C(=O)O. The Bertz CT molecular complexity index is 542. The maximum absolute atomic E-state index is 12.0. The van der Waals surface area contributed by atoms with Crippen LogP contribution >= 0.6 is 0 Å². The summed E-state index contributed by atoms with van der Waals surface area (Å²) in [6.07, 6.45) is 1.48. The van der Waals surface area contributed by atoms with Gasteiger partial charge in [-0.05, 0) is 0 Å². The first kappa shape index (κ1) is 13.8. The third kappa shape index (κ3) is 2.84. The van der Waals surface area contributed by atoms with Crippen LogP contribution in [0.3, 0.4) is 0 Å². The molecule has 1 fully saturated rings. The van der Waals surface area contributed by atoms with E-state index in [4.69, 9.17) is 5.11 Å². The lowest BCUT2D eigenvalue weighted by Crippen LogP contribution is -2.61. The fraction of sp³-hybridized carbons (Fsp3) is 0.500. The van der Waals surface area contributed by atoms with E-state index in [-0.39, 0.29) is 19.6 Å². The van der Waals surface area contributed by atoms with Crippen molar-refractivity contribution < 1.29 is 19.5 Å². The summed E-state index contributed by atoms with van der Waals surface area (Å²) in [5.41, 5.74) is 0. The summed E-state index contributed by atoms with van der Waals surface area (Å²) in [6.45, 7) is -0.299. The van der Waals surface area contributed by atoms with Gasteiger partial charge in [-0.1, -0.05) is 0 Å². The van der Waals surface area contributed by atoms with Gasteiger partial charge in [0.2, 0.25) is 5.91 Å². The zero-order valence-corrected chi connectivity index (χ0v) is 10.7. The number of amides is 3. The molecular weight excluding hydrogens is 268 g/mol. The number of rotatable bonds is 3. The molecule has 2 heterocycles. The number of carboxylic acid groups (broad SMARTS) is 1. The minimum atomic E-state index is -1.17. The molecule has 3 amide bonds. The zero-order chi connectivity index (χ0) is 14.7. The topological polar surface area (TPSA) is 129 Å². The van der Waals surface area contributed by atoms with Crippen LogP contribution in [0.2, 0.25) is 0 Å². The number of hydrogen-bond donors (Lipinski definition) is 3. The normalized spacial score (nSPS) is 18.6. The van der Waals surface area contributed by atoms with E-state index in [1.165, 1.54) is 6.33 Å². The van der Waals surface area contributed by atoms with Gasteiger partial charge in [-0.15, -0.1) is 10.2 Å². The van der Waals surface area contributed by atoms with Crippen molar-refractivity contribution in [3.63, 3.8) is 0 Å². The molecule has 1 aromatic heterocycles. The Morgan fingerprint density at radius 2 is 2.35 bits per heavy atom. The van der Waals surface area contributed by atoms with Gasteiger partial charge in [-0.3, -0.25) is 9.69 Å². The van der Waals surface area contributed by atoms with Crippen molar-refractivity contribution in [2.24, 2.45) is 7.05 Å². The van der Waals surface area contributed by atoms with E-state index in [1.807, 2.05) is 0 Å². The fourth-order valence-electron chi connectivity index (χ4n) is 1.80. The Labute approximate surface area is 113 Å². The van der Waals surface area contributed by atoms with Crippen molar-refractivity contribution in [1.82, 2.24) is 30.3 Å². The number of piperazine rings is 1. The predicted octanol–water partition coefficient (Wildman–Crippen LogP) is -2.09. The Hall–Kier alpha value is -2.65. The molecule has 10 heteroatoms. The smallest absolute Gasteiger partial charge is 0.328 e. The van der Waals surface area contributed by atoms with Gasteiger partial charge >= 0.3 is 12.0 Å². The van der Waals surface area contributed by atoms with E-state index >= 15 is 0 Å². The minimum Gasteiger partial charge on any atom is -0.480 e. The van der Waals surface area contributed by atoms with Gasteiger partial charge in [0.05, 0.1) is 6.54 Å². The number of aromatic nitrogens is 3. The van der Waals surface area contributed by atoms with Crippen molar-refractivity contribution in [3.8, 4) is 0 Å². The minimum absolute atomic E-state index is 0.0970. The molecule has 1 aromatic rings. The number of nitrogens with zero attached hydrogens (tertiary/aromatic N) is 4. The number of nitrogens with one attached hydrogen (secondary N) is 2. The molecule has 3 N–H and O–H groups in total. The monoisotopic (exact) mass is 282 g/mol. The Balaban J connectivity index is 2.00. The van der Waals surface area contributed by atoms with E-state index in [0.29, 0.717) is 5.82 Å². The van der Waals surface area contributed by atoms with Gasteiger partial charge < -0.3 is 20.3 Å². The van der Waals surface area contributed by atoms with Crippen molar-refractivity contribution in [3.05, 3.63) is 12.2 Å². The molecule has 2 rings (SSSR count). The quantitative estimate of drug-likeness (QED) is 0.583. The van der Waals surface area contributed by atoms with Crippen LogP contribution in [-0.4, -0.2) is 61.8 Å². The molecule has 108 valence electrons. The van der Waals surface area contributed by atoms with Crippen LogP contribution in [0.4, 0.5) is 4.79 Å². The average molecular weight is 282 g/mol. The van der Waals surface area contributed by atoms with Gasteiger partial charge in [-0.25, -0.2) is 9.59 Å². The molecule has 0 aliphatic carbocycles. The van der Waals surface area contributed by atoms with Crippen molar-refractivity contribution in [1.29, 1.82) is 0 Å². The van der Waals surface area contributed by atoms with Crippen LogP contribution in [0.15, 0.2) is 6.33 Å². The van der Waals surface area contributed by atoms with Gasteiger partial charge in [-0.2, -0.15) is 0 Å².